The first-order valence-electron chi connectivity index (χ1n) is 12.2. The summed E-state index contributed by atoms with van der Waals surface area (Å²) in [6.45, 7) is 2.61. The van der Waals surface area contributed by atoms with E-state index in [1.54, 1.807) is 55.6 Å². The van der Waals surface area contributed by atoms with E-state index >= 15 is 0 Å². The Morgan fingerprint density at radius 3 is 2.34 bits per heavy atom. The molecule has 0 spiro atoms. The maximum atomic E-state index is 13.8. The van der Waals surface area contributed by atoms with Gasteiger partial charge in [-0.1, -0.05) is 36.4 Å². The number of furan rings is 1. The molecule has 1 N–H and O–H groups in total. The van der Waals surface area contributed by atoms with Crippen LogP contribution in [0.5, 0.6) is 17.2 Å². The van der Waals surface area contributed by atoms with Crippen LogP contribution in [0.15, 0.2) is 88.5 Å². The number of para-hydroxylation sites is 1. The fraction of sp³-hybridized carbons (Fsp3) is 0.200. The fourth-order valence-corrected chi connectivity index (χ4v) is 4.68. The maximum absolute atomic E-state index is 13.8. The van der Waals surface area contributed by atoms with Crippen LogP contribution in [-0.2, 0) is 11.3 Å². The number of rotatable bonds is 9. The molecule has 4 aromatic rings. The summed E-state index contributed by atoms with van der Waals surface area (Å²) in [6, 6.07) is 20.5. The van der Waals surface area contributed by atoms with Gasteiger partial charge >= 0.3 is 0 Å². The molecule has 1 unspecified atom stereocenters. The number of benzene rings is 3. The second kappa shape index (κ2) is 10.3. The van der Waals surface area contributed by atoms with Crippen molar-refractivity contribution in [3.8, 4) is 17.2 Å². The molecule has 1 aromatic heterocycles. The SMILES string of the molecule is CCOc1ccc(CN2C(=O)C(O)=C(C(=O)c3cc4cccc(OC)c4o3)C2c2ccc(OC)cc2)cc1. The van der Waals surface area contributed by atoms with Gasteiger partial charge in [-0.05, 0) is 54.4 Å². The summed E-state index contributed by atoms with van der Waals surface area (Å²) < 4.78 is 22.0. The van der Waals surface area contributed by atoms with Crippen molar-refractivity contribution < 1.29 is 33.3 Å². The van der Waals surface area contributed by atoms with Crippen LogP contribution in [0, 0.1) is 0 Å². The molecule has 3 aromatic carbocycles. The van der Waals surface area contributed by atoms with Crippen LogP contribution in [0.1, 0.15) is 34.6 Å². The molecule has 194 valence electrons. The highest BCUT2D eigenvalue weighted by Gasteiger charge is 2.44. The molecule has 0 saturated heterocycles. The minimum Gasteiger partial charge on any atom is -0.503 e. The molecule has 1 aliphatic rings. The zero-order valence-electron chi connectivity index (χ0n) is 21.3. The molecule has 0 radical (unpaired) electrons. The molecule has 0 aliphatic carbocycles. The molecule has 38 heavy (non-hydrogen) atoms. The second-order valence-electron chi connectivity index (χ2n) is 8.77. The molecule has 8 nitrogen and oxygen atoms in total. The Balaban J connectivity index is 1.56. The third-order valence-corrected chi connectivity index (χ3v) is 6.52. The summed E-state index contributed by atoms with van der Waals surface area (Å²) >= 11 is 0. The van der Waals surface area contributed by atoms with Crippen LogP contribution in [0.3, 0.4) is 0 Å². The number of ether oxygens (including phenoxy) is 3. The van der Waals surface area contributed by atoms with Gasteiger partial charge in [0.1, 0.15) is 11.5 Å². The smallest absolute Gasteiger partial charge is 0.290 e. The van der Waals surface area contributed by atoms with Gasteiger partial charge in [0, 0.05) is 11.9 Å². The number of amides is 1. The lowest BCUT2D eigenvalue weighted by Gasteiger charge is -2.27. The zero-order chi connectivity index (χ0) is 26.8. The zero-order valence-corrected chi connectivity index (χ0v) is 21.3. The molecular formula is C30H27NO7. The highest BCUT2D eigenvalue weighted by atomic mass is 16.5. The minimum absolute atomic E-state index is 0.000258. The topological polar surface area (TPSA) is 98.4 Å². The second-order valence-corrected chi connectivity index (χ2v) is 8.77. The lowest BCUT2D eigenvalue weighted by Crippen LogP contribution is -2.30. The normalized spacial score (nSPS) is 15.3. The highest BCUT2D eigenvalue weighted by Crippen LogP contribution is 2.41. The van der Waals surface area contributed by atoms with Crippen molar-refractivity contribution in [1.29, 1.82) is 0 Å². The Morgan fingerprint density at radius 2 is 1.68 bits per heavy atom. The number of nitrogens with zero attached hydrogens (tertiary/aromatic N) is 1. The first kappa shape index (κ1) is 25.0. The number of aliphatic hydroxyl groups excluding tert-OH is 1. The Bertz CT molecular complexity index is 1520. The molecule has 1 amide bonds. The Morgan fingerprint density at radius 1 is 0.974 bits per heavy atom. The summed E-state index contributed by atoms with van der Waals surface area (Å²) in [6.07, 6.45) is 0. The number of carbonyl (C=O) groups is 2. The Hall–Kier alpha value is -4.72. The third kappa shape index (κ3) is 4.45. The van der Waals surface area contributed by atoms with E-state index in [9.17, 15) is 14.7 Å². The highest BCUT2D eigenvalue weighted by molar-refractivity contribution is 6.16. The van der Waals surface area contributed by atoms with E-state index in [-0.39, 0.29) is 17.9 Å². The van der Waals surface area contributed by atoms with E-state index < -0.39 is 23.5 Å². The summed E-state index contributed by atoms with van der Waals surface area (Å²) in [7, 11) is 3.07. The predicted molar refractivity (Wildman–Crippen MR) is 141 cm³/mol. The molecule has 5 rings (SSSR count). The lowest BCUT2D eigenvalue weighted by molar-refractivity contribution is -0.130. The number of Topliss-reactive ketones (excluding diaryl/α,β-unsaturated/α-hetero) is 1. The van der Waals surface area contributed by atoms with Crippen molar-refractivity contribution in [2.24, 2.45) is 0 Å². The van der Waals surface area contributed by atoms with E-state index in [0.29, 0.717) is 40.4 Å². The molecule has 0 saturated carbocycles. The Kier molecular flexibility index (Phi) is 6.79. The van der Waals surface area contributed by atoms with Gasteiger partial charge in [-0.25, -0.2) is 0 Å². The monoisotopic (exact) mass is 513 g/mol. The first-order chi connectivity index (χ1) is 18.4. The predicted octanol–water partition coefficient (Wildman–Crippen LogP) is 5.63. The van der Waals surface area contributed by atoms with Crippen molar-refractivity contribution in [3.63, 3.8) is 0 Å². The molecule has 8 heteroatoms. The minimum atomic E-state index is -0.845. The first-order valence-corrected chi connectivity index (χ1v) is 12.2. The van der Waals surface area contributed by atoms with Gasteiger partial charge in [0.05, 0.1) is 32.4 Å². The van der Waals surface area contributed by atoms with Crippen molar-refractivity contribution >= 4 is 22.7 Å². The summed E-state index contributed by atoms with van der Waals surface area (Å²) in [5.41, 5.74) is 1.82. The van der Waals surface area contributed by atoms with Gasteiger partial charge in [0.2, 0.25) is 5.78 Å². The molecule has 1 aliphatic heterocycles. The molecule has 2 heterocycles. The number of hydrogen-bond donors (Lipinski definition) is 1. The summed E-state index contributed by atoms with van der Waals surface area (Å²) in [5, 5.41) is 11.7. The quantitative estimate of drug-likeness (QED) is 0.290. The number of hydrogen-bond acceptors (Lipinski definition) is 7. The van der Waals surface area contributed by atoms with Gasteiger partial charge in [-0.15, -0.1) is 0 Å². The van der Waals surface area contributed by atoms with Crippen molar-refractivity contribution in [2.45, 2.75) is 19.5 Å². The number of aliphatic hydroxyl groups is 1. The van der Waals surface area contributed by atoms with Crippen LogP contribution in [0.2, 0.25) is 0 Å². The van der Waals surface area contributed by atoms with Crippen molar-refractivity contribution in [3.05, 3.63) is 101 Å². The van der Waals surface area contributed by atoms with Crippen LogP contribution in [0.4, 0.5) is 0 Å². The fourth-order valence-electron chi connectivity index (χ4n) is 4.68. The lowest BCUT2D eigenvalue weighted by atomic mass is 9.94. The molecule has 0 fully saturated rings. The van der Waals surface area contributed by atoms with Gasteiger partial charge in [-0.2, -0.15) is 0 Å². The van der Waals surface area contributed by atoms with Crippen molar-refractivity contribution in [2.75, 3.05) is 20.8 Å². The molecule has 1 atom stereocenters. The van der Waals surface area contributed by atoms with Gasteiger partial charge in [0.15, 0.2) is 22.9 Å². The van der Waals surface area contributed by atoms with E-state index in [0.717, 1.165) is 5.56 Å². The van der Waals surface area contributed by atoms with E-state index in [1.807, 2.05) is 31.2 Å². The molecule has 0 bridgehead atoms. The van der Waals surface area contributed by atoms with Gasteiger partial charge in [0.25, 0.3) is 5.91 Å². The van der Waals surface area contributed by atoms with Crippen molar-refractivity contribution in [1.82, 2.24) is 4.90 Å². The third-order valence-electron chi connectivity index (χ3n) is 6.52. The summed E-state index contributed by atoms with van der Waals surface area (Å²) in [4.78, 5) is 28.7. The average molecular weight is 514 g/mol. The van der Waals surface area contributed by atoms with Crippen LogP contribution >= 0.6 is 0 Å². The maximum Gasteiger partial charge on any atom is 0.290 e. The number of fused-ring (bicyclic) bond motifs is 1. The standard InChI is InChI=1S/C30H27NO7/c1-4-37-22-12-8-18(9-13-22)17-31-26(19-10-14-21(35-2)15-11-19)25(28(33)30(31)34)27(32)24-16-20-6-5-7-23(36-3)29(20)38-24/h5-16,26,33H,4,17H2,1-3H3. The van der Waals surface area contributed by atoms with Gasteiger partial charge < -0.3 is 28.6 Å². The van der Waals surface area contributed by atoms with E-state index in [2.05, 4.69) is 0 Å². The average Bonchev–Trinajstić information content (AvgIpc) is 3.49. The number of carbonyl (C=O) groups excluding carboxylic acids is 2. The summed E-state index contributed by atoms with van der Waals surface area (Å²) in [5.74, 6) is -0.00385. The van der Waals surface area contributed by atoms with Crippen LogP contribution in [0.25, 0.3) is 11.0 Å². The van der Waals surface area contributed by atoms with Gasteiger partial charge in [-0.3, -0.25) is 9.59 Å². The Labute approximate surface area is 219 Å². The number of methoxy groups -OCH3 is 2. The van der Waals surface area contributed by atoms with E-state index in [1.165, 1.54) is 12.0 Å². The van der Waals surface area contributed by atoms with Crippen LogP contribution in [-0.4, -0.2) is 42.5 Å². The van der Waals surface area contributed by atoms with E-state index in [4.69, 9.17) is 18.6 Å². The molecular weight excluding hydrogens is 486 g/mol. The number of ketones is 1. The van der Waals surface area contributed by atoms with Crippen LogP contribution < -0.4 is 14.2 Å². The largest absolute Gasteiger partial charge is 0.503 e.